The van der Waals surface area contributed by atoms with E-state index in [1.807, 2.05) is 0 Å². The Morgan fingerprint density at radius 1 is 1.56 bits per heavy atom. The molecular formula is C11H11FN2O4. The van der Waals surface area contributed by atoms with Gasteiger partial charge in [0.15, 0.2) is 0 Å². The van der Waals surface area contributed by atoms with E-state index in [1.54, 1.807) is 4.90 Å². The van der Waals surface area contributed by atoms with E-state index < -0.39 is 22.4 Å². The largest absolute Gasteiger partial charge is 0.481 e. The molecule has 0 aliphatic carbocycles. The van der Waals surface area contributed by atoms with Gasteiger partial charge in [0.1, 0.15) is 5.69 Å². The summed E-state index contributed by atoms with van der Waals surface area (Å²) in [5, 5.41) is 19.4. The van der Waals surface area contributed by atoms with Gasteiger partial charge in [-0.1, -0.05) is 6.07 Å². The lowest BCUT2D eigenvalue weighted by Gasteiger charge is -2.39. The molecule has 0 aromatic heterocycles. The van der Waals surface area contributed by atoms with Crippen molar-refractivity contribution in [2.24, 2.45) is 5.92 Å². The molecule has 1 aliphatic heterocycles. The molecule has 7 heteroatoms. The maximum Gasteiger partial charge on any atom is 0.327 e. The molecule has 1 aromatic carbocycles. The number of aliphatic carboxylic acids is 1. The summed E-state index contributed by atoms with van der Waals surface area (Å²) in [6.07, 6.45) is 0.0274. The van der Waals surface area contributed by atoms with E-state index >= 15 is 0 Å². The summed E-state index contributed by atoms with van der Waals surface area (Å²) in [6.45, 7) is 0.799. The molecule has 1 heterocycles. The number of halogens is 1. The Balaban J connectivity index is 2.14. The number of hydrogen-bond donors (Lipinski definition) is 1. The molecular weight excluding hydrogens is 243 g/mol. The molecule has 1 saturated heterocycles. The van der Waals surface area contributed by atoms with Crippen molar-refractivity contribution in [1.82, 2.24) is 0 Å². The number of carbonyl (C=O) groups is 1. The van der Waals surface area contributed by atoms with Crippen LogP contribution < -0.4 is 4.90 Å². The Kier molecular flexibility index (Phi) is 3.14. The first-order chi connectivity index (χ1) is 8.49. The van der Waals surface area contributed by atoms with E-state index in [1.165, 1.54) is 12.1 Å². The Morgan fingerprint density at radius 2 is 2.22 bits per heavy atom. The van der Waals surface area contributed by atoms with E-state index in [4.69, 9.17) is 5.11 Å². The summed E-state index contributed by atoms with van der Waals surface area (Å²) < 4.78 is 13.4. The number of hydrogen-bond acceptors (Lipinski definition) is 4. The van der Waals surface area contributed by atoms with Crippen LogP contribution in [0.1, 0.15) is 6.42 Å². The fourth-order valence-corrected chi connectivity index (χ4v) is 2.08. The first kappa shape index (κ1) is 12.3. The lowest BCUT2D eigenvalue weighted by Crippen LogP contribution is -2.47. The van der Waals surface area contributed by atoms with Gasteiger partial charge in [0.05, 0.1) is 11.3 Å². The molecule has 2 rings (SSSR count). The number of carboxylic acids is 1. The molecule has 1 fully saturated rings. The number of anilines is 1. The van der Waals surface area contributed by atoms with Crippen LogP contribution in [0.4, 0.5) is 15.8 Å². The van der Waals surface area contributed by atoms with Crippen molar-refractivity contribution in [3.8, 4) is 0 Å². The number of nitro groups is 1. The lowest BCUT2D eigenvalue weighted by atomic mass is 9.95. The summed E-state index contributed by atoms with van der Waals surface area (Å²) in [7, 11) is 0. The van der Waals surface area contributed by atoms with Gasteiger partial charge >= 0.3 is 11.7 Å². The topological polar surface area (TPSA) is 83.7 Å². The van der Waals surface area contributed by atoms with Crippen LogP contribution >= 0.6 is 0 Å². The van der Waals surface area contributed by atoms with Gasteiger partial charge in [-0.25, -0.2) is 0 Å². The number of benzene rings is 1. The Hall–Kier alpha value is -2.18. The van der Waals surface area contributed by atoms with Crippen molar-refractivity contribution < 1.29 is 19.2 Å². The maximum atomic E-state index is 13.4. The summed E-state index contributed by atoms with van der Waals surface area (Å²) in [4.78, 5) is 22.1. The minimum absolute atomic E-state index is 0.0274. The number of nitro benzene ring substituents is 1. The quantitative estimate of drug-likeness (QED) is 0.652. The minimum atomic E-state index is -0.895. The second-order valence-electron chi connectivity index (χ2n) is 4.23. The predicted octanol–water partition coefficient (Wildman–Crippen LogP) is 1.64. The zero-order valence-electron chi connectivity index (χ0n) is 9.38. The van der Waals surface area contributed by atoms with Crippen LogP contribution in [0.25, 0.3) is 0 Å². The van der Waals surface area contributed by atoms with E-state index in [9.17, 15) is 19.3 Å². The standard InChI is InChI=1S/C11H11FN2O4/c12-8-2-1-3-9(11(8)14(17)18)13-5-7(6-13)4-10(15)16/h1-3,7H,4-6H2,(H,15,16). The molecule has 1 aliphatic rings. The molecule has 6 nitrogen and oxygen atoms in total. The molecule has 0 spiro atoms. The van der Waals surface area contributed by atoms with Crippen molar-refractivity contribution in [3.63, 3.8) is 0 Å². The van der Waals surface area contributed by atoms with Crippen LogP contribution in [0.3, 0.4) is 0 Å². The summed E-state index contributed by atoms with van der Waals surface area (Å²) in [6, 6.07) is 3.91. The van der Waals surface area contributed by atoms with Crippen molar-refractivity contribution in [1.29, 1.82) is 0 Å². The minimum Gasteiger partial charge on any atom is -0.481 e. The van der Waals surface area contributed by atoms with Crippen LogP contribution in [0, 0.1) is 21.8 Å². The second-order valence-corrected chi connectivity index (χ2v) is 4.23. The SMILES string of the molecule is O=C(O)CC1CN(c2cccc(F)c2[N+](=O)[O-])C1. The van der Waals surface area contributed by atoms with E-state index in [2.05, 4.69) is 0 Å². The van der Waals surface area contributed by atoms with Crippen LogP contribution in [0.2, 0.25) is 0 Å². The van der Waals surface area contributed by atoms with Crippen molar-refractivity contribution in [2.45, 2.75) is 6.42 Å². The van der Waals surface area contributed by atoms with Gasteiger partial charge in [-0.3, -0.25) is 14.9 Å². The highest BCUT2D eigenvalue weighted by Crippen LogP contribution is 2.35. The van der Waals surface area contributed by atoms with Crippen molar-refractivity contribution in [3.05, 3.63) is 34.1 Å². The van der Waals surface area contributed by atoms with Gasteiger partial charge in [0.2, 0.25) is 5.82 Å². The van der Waals surface area contributed by atoms with Crippen molar-refractivity contribution >= 4 is 17.3 Å². The maximum absolute atomic E-state index is 13.4. The fraction of sp³-hybridized carbons (Fsp3) is 0.364. The van der Waals surface area contributed by atoms with Crippen molar-refractivity contribution in [2.75, 3.05) is 18.0 Å². The second kappa shape index (κ2) is 4.59. The molecule has 0 unspecified atom stereocenters. The van der Waals surface area contributed by atoms with Gasteiger partial charge in [-0.05, 0) is 12.1 Å². The number of carboxylic acid groups (broad SMARTS) is 1. The molecule has 0 atom stereocenters. The van der Waals surface area contributed by atoms with Crippen LogP contribution in [0.15, 0.2) is 18.2 Å². The number of para-hydroxylation sites is 1. The molecule has 0 bridgehead atoms. The van der Waals surface area contributed by atoms with Gasteiger partial charge in [0, 0.05) is 19.0 Å². The molecule has 1 aromatic rings. The summed E-state index contributed by atoms with van der Waals surface area (Å²) >= 11 is 0. The smallest absolute Gasteiger partial charge is 0.327 e. The molecule has 0 radical (unpaired) electrons. The average Bonchev–Trinajstić information content (AvgIpc) is 2.21. The monoisotopic (exact) mass is 254 g/mol. The third-order valence-corrected chi connectivity index (χ3v) is 2.91. The first-order valence-electron chi connectivity index (χ1n) is 5.38. The normalized spacial score (nSPS) is 15.3. The van der Waals surface area contributed by atoms with Crippen LogP contribution in [-0.4, -0.2) is 29.1 Å². The van der Waals surface area contributed by atoms with Crippen LogP contribution in [-0.2, 0) is 4.79 Å². The number of rotatable bonds is 4. The highest BCUT2D eigenvalue weighted by atomic mass is 19.1. The van der Waals surface area contributed by atoms with E-state index in [0.29, 0.717) is 13.1 Å². The molecule has 0 amide bonds. The highest BCUT2D eigenvalue weighted by Gasteiger charge is 2.33. The first-order valence-corrected chi connectivity index (χ1v) is 5.38. The van der Waals surface area contributed by atoms with Crippen LogP contribution in [0.5, 0.6) is 0 Å². The molecule has 0 saturated carbocycles. The zero-order valence-corrected chi connectivity index (χ0v) is 9.38. The Morgan fingerprint density at radius 3 is 2.78 bits per heavy atom. The third kappa shape index (κ3) is 2.24. The average molecular weight is 254 g/mol. The fourth-order valence-electron chi connectivity index (χ4n) is 2.08. The summed E-state index contributed by atoms with van der Waals surface area (Å²) in [5.74, 6) is -1.81. The highest BCUT2D eigenvalue weighted by molar-refractivity contribution is 5.69. The van der Waals surface area contributed by atoms with Gasteiger partial charge in [-0.15, -0.1) is 0 Å². The predicted molar refractivity (Wildman–Crippen MR) is 61.0 cm³/mol. The number of nitrogens with zero attached hydrogens (tertiary/aromatic N) is 2. The molecule has 96 valence electrons. The zero-order chi connectivity index (χ0) is 13.3. The Bertz CT molecular complexity index is 500. The lowest BCUT2D eigenvalue weighted by molar-refractivity contribution is -0.386. The molecule has 1 N–H and O–H groups in total. The van der Waals surface area contributed by atoms with E-state index in [0.717, 1.165) is 6.07 Å². The van der Waals surface area contributed by atoms with Gasteiger partial charge < -0.3 is 10.0 Å². The van der Waals surface area contributed by atoms with Gasteiger partial charge in [0.25, 0.3) is 0 Å². The third-order valence-electron chi connectivity index (χ3n) is 2.91. The van der Waals surface area contributed by atoms with Gasteiger partial charge in [-0.2, -0.15) is 4.39 Å². The van der Waals surface area contributed by atoms with E-state index in [-0.39, 0.29) is 18.0 Å². The Labute approximate surface area is 102 Å². The summed E-state index contributed by atoms with van der Waals surface area (Å²) in [5.41, 5.74) is -0.340. The molecule has 18 heavy (non-hydrogen) atoms.